The van der Waals surface area contributed by atoms with Crippen LogP contribution in [0.3, 0.4) is 0 Å². The summed E-state index contributed by atoms with van der Waals surface area (Å²) in [5, 5.41) is 0. The lowest BCUT2D eigenvalue weighted by Crippen LogP contribution is -2.49. The number of nitrogens with zero attached hydrogens (tertiary/aromatic N) is 5. The number of fused-ring (bicyclic) bond motifs is 5. The molecule has 156 valence electrons. The summed E-state index contributed by atoms with van der Waals surface area (Å²) in [5.41, 5.74) is 3.86. The number of amides is 1. The van der Waals surface area contributed by atoms with Gasteiger partial charge in [-0.15, -0.1) is 0 Å². The second-order valence-electron chi connectivity index (χ2n) is 8.56. The number of aryl methyl sites for hydroxylation is 1. The van der Waals surface area contributed by atoms with Gasteiger partial charge in [0.05, 0.1) is 5.56 Å². The summed E-state index contributed by atoms with van der Waals surface area (Å²) in [6.07, 6.45) is 6.19. The second kappa shape index (κ2) is 6.66. The molecule has 6 rings (SSSR count). The largest absolute Gasteiger partial charge is 0.344 e. The summed E-state index contributed by atoms with van der Waals surface area (Å²) in [7, 11) is 0. The average molecular weight is 414 g/mol. The zero-order valence-electron chi connectivity index (χ0n) is 17.2. The maximum atomic E-state index is 13.3. The fourth-order valence-electron chi connectivity index (χ4n) is 5.12. The van der Waals surface area contributed by atoms with Crippen molar-refractivity contribution in [3.63, 3.8) is 0 Å². The molecule has 0 aliphatic carbocycles. The third kappa shape index (κ3) is 2.82. The number of hydrogen-bond acceptors (Lipinski definition) is 4. The number of aromatic amines is 1. The van der Waals surface area contributed by atoms with E-state index in [9.17, 15) is 9.59 Å². The number of carbonyl (C=O) groups excluding carboxylic acids is 1. The zero-order valence-corrected chi connectivity index (χ0v) is 17.2. The Hall–Kier alpha value is -3.68. The van der Waals surface area contributed by atoms with Crippen molar-refractivity contribution in [1.29, 1.82) is 0 Å². The van der Waals surface area contributed by atoms with E-state index in [4.69, 9.17) is 0 Å². The van der Waals surface area contributed by atoms with Crippen molar-refractivity contribution in [3.8, 4) is 11.4 Å². The van der Waals surface area contributed by atoms with Crippen LogP contribution >= 0.6 is 0 Å². The second-order valence-corrected chi connectivity index (χ2v) is 8.56. The molecule has 2 aliphatic heterocycles. The molecule has 6 heterocycles. The summed E-state index contributed by atoms with van der Waals surface area (Å²) in [5.74, 6) is 0.947. The van der Waals surface area contributed by atoms with E-state index in [0.29, 0.717) is 36.7 Å². The van der Waals surface area contributed by atoms with Crippen LogP contribution in [0.4, 0.5) is 0 Å². The Morgan fingerprint density at radius 1 is 1.16 bits per heavy atom. The van der Waals surface area contributed by atoms with E-state index in [1.807, 2.05) is 57.3 Å². The Labute approximate surface area is 178 Å². The van der Waals surface area contributed by atoms with Gasteiger partial charge in [-0.05, 0) is 43.5 Å². The Balaban J connectivity index is 1.32. The lowest BCUT2D eigenvalue weighted by molar-refractivity contribution is 0.0589. The Bertz CT molecular complexity index is 1370. The first-order valence-electron chi connectivity index (χ1n) is 10.6. The lowest BCUT2D eigenvalue weighted by Gasteiger charge is -2.42. The monoisotopic (exact) mass is 414 g/mol. The van der Waals surface area contributed by atoms with Crippen LogP contribution in [0.5, 0.6) is 0 Å². The quantitative estimate of drug-likeness (QED) is 0.546. The van der Waals surface area contributed by atoms with Gasteiger partial charge < -0.3 is 18.9 Å². The molecule has 0 aromatic carbocycles. The number of H-pyrrole nitrogens is 1. The van der Waals surface area contributed by atoms with Crippen molar-refractivity contribution in [3.05, 3.63) is 76.4 Å². The molecule has 8 nitrogen and oxygen atoms in total. The highest BCUT2D eigenvalue weighted by Gasteiger charge is 2.37. The number of imidazole rings is 2. The highest BCUT2D eigenvalue weighted by Crippen LogP contribution is 2.36. The molecule has 2 aliphatic rings. The SMILES string of the molecule is Cc1cccc2nc(C(=O)N3C[C@@H]4C[C@H](C3)c3ccc(-c5ncc[nH]5)c(=O)n3C4)cn12. The summed E-state index contributed by atoms with van der Waals surface area (Å²) in [4.78, 5) is 40.1. The minimum absolute atomic E-state index is 0.0160. The summed E-state index contributed by atoms with van der Waals surface area (Å²) in [6.45, 7) is 3.86. The van der Waals surface area contributed by atoms with Gasteiger partial charge in [0.1, 0.15) is 17.2 Å². The van der Waals surface area contributed by atoms with Gasteiger partial charge in [-0.25, -0.2) is 9.97 Å². The molecule has 4 aromatic rings. The van der Waals surface area contributed by atoms with Gasteiger partial charge in [-0.3, -0.25) is 9.59 Å². The van der Waals surface area contributed by atoms with Crippen molar-refractivity contribution in [2.75, 3.05) is 13.1 Å². The van der Waals surface area contributed by atoms with Crippen LogP contribution in [-0.2, 0) is 6.54 Å². The molecule has 0 saturated carbocycles. The first-order valence-corrected chi connectivity index (χ1v) is 10.6. The molecule has 1 fully saturated rings. The number of carbonyl (C=O) groups is 1. The molecular formula is C23H22N6O2. The standard InChI is InChI=1S/C23H22N6O2/c1-14-3-2-4-20-26-18(13-28(14)20)23(31)27-10-15-9-16(12-27)19-6-5-17(21-24-7-8-25-21)22(30)29(19)11-15/h2-8,13,15-16H,9-12H2,1H3,(H,24,25)/t15-,16+/m0/s1. The molecule has 0 radical (unpaired) electrons. The molecule has 8 heteroatoms. The first kappa shape index (κ1) is 18.1. The van der Waals surface area contributed by atoms with Crippen molar-refractivity contribution >= 4 is 11.6 Å². The maximum absolute atomic E-state index is 13.3. The van der Waals surface area contributed by atoms with Crippen LogP contribution in [0.1, 0.15) is 34.2 Å². The van der Waals surface area contributed by atoms with Crippen LogP contribution in [0.25, 0.3) is 17.0 Å². The Morgan fingerprint density at radius 2 is 2.06 bits per heavy atom. The number of pyridine rings is 2. The number of hydrogen-bond donors (Lipinski definition) is 1. The third-order valence-corrected chi connectivity index (χ3v) is 6.56. The smallest absolute Gasteiger partial charge is 0.274 e. The molecule has 2 bridgehead atoms. The van der Waals surface area contributed by atoms with Gasteiger partial charge in [0.2, 0.25) is 0 Å². The van der Waals surface area contributed by atoms with Crippen LogP contribution in [-0.4, -0.2) is 47.8 Å². The van der Waals surface area contributed by atoms with E-state index in [2.05, 4.69) is 15.0 Å². The first-order chi connectivity index (χ1) is 15.1. The lowest BCUT2D eigenvalue weighted by atomic mass is 9.83. The van der Waals surface area contributed by atoms with Gasteiger partial charge in [0.25, 0.3) is 11.5 Å². The minimum atomic E-state index is -0.0409. The highest BCUT2D eigenvalue weighted by atomic mass is 16.2. The van der Waals surface area contributed by atoms with E-state index in [-0.39, 0.29) is 23.3 Å². The number of rotatable bonds is 2. The van der Waals surface area contributed by atoms with Gasteiger partial charge in [-0.1, -0.05) is 6.07 Å². The summed E-state index contributed by atoms with van der Waals surface area (Å²) >= 11 is 0. The highest BCUT2D eigenvalue weighted by molar-refractivity contribution is 5.93. The van der Waals surface area contributed by atoms with Crippen molar-refractivity contribution in [2.45, 2.75) is 25.8 Å². The molecule has 2 atom stereocenters. The maximum Gasteiger partial charge on any atom is 0.274 e. The summed E-state index contributed by atoms with van der Waals surface area (Å²) < 4.78 is 3.83. The van der Waals surface area contributed by atoms with E-state index in [1.165, 1.54) is 0 Å². The molecular weight excluding hydrogens is 392 g/mol. The van der Waals surface area contributed by atoms with Crippen molar-refractivity contribution in [1.82, 2.24) is 28.8 Å². The van der Waals surface area contributed by atoms with E-state index in [0.717, 1.165) is 23.5 Å². The molecule has 1 N–H and O–H groups in total. The normalized spacial score (nSPS) is 20.1. The van der Waals surface area contributed by atoms with Gasteiger partial charge in [0, 0.05) is 55.5 Å². The van der Waals surface area contributed by atoms with Crippen LogP contribution < -0.4 is 5.56 Å². The molecule has 31 heavy (non-hydrogen) atoms. The number of likely N-dealkylation sites (tertiary alicyclic amines) is 1. The number of aromatic nitrogens is 5. The molecule has 4 aromatic heterocycles. The van der Waals surface area contributed by atoms with Crippen LogP contribution in [0, 0.1) is 12.8 Å². The fourth-order valence-corrected chi connectivity index (χ4v) is 5.12. The average Bonchev–Trinajstić information content (AvgIpc) is 3.45. The fraction of sp³-hybridized carbons (Fsp3) is 0.304. The van der Waals surface area contributed by atoms with E-state index >= 15 is 0 Å². The van der Waals surface area contributed by atoms with Crippen LogP contribution in [0.15, 0.2) is 53.7 Å². The zero-order chi connectivity index (χ0) is 21.1. The van der Waals surface area contributed by atoms with Gasteiger partial charge in [-0.2, -0.15) is 0 Å². The number of piperidine rings is 1. The minimum Gasteiger partial charge on any atom is -0.344 e. The van der Waals surface area contributed by atoms with Crippen molar-refractivity contribution < 1.29 is 4.79 Å². The topological polar surface area (TPSA) is 88.3 Å². The predicted octanol–water partition coefficient (Wildman–Crippen LogP) is 2.45. The van der Waals surface area contributed by atoms with E-state index in [1.54, 1.807) is 12.4 Å². The molecule has 1 saturated heterocycles. The molecule has 1 amide bonds. The summed E-state index contributed by atoms with van der Waals surface area (Å²) in [6, 6.07) is 9.72. The predicted molar refractivity (Wildman–Crippen MR) is 115 cm³/mol. The molecule has 0 unspecified atom stereocenters. The van der Waals surface area contributed by atoms with Crippen molar-refractivity contribution in [2.24, 2.45) is 5.92 Å². The van der Waals surface area contributed by atoms with E-state index < -0.39 is 0 Å². The molecule has 0 spiro atoms. The number of nitrogens with one attached hydrogen (secondary N) is 1. The third-order valence-electron chi connectivity index (χ3n) is 6.56. The van der Waals surface area contributed by atoms with Gasteiger partial charge >= 0.3 is 0 Å². The Kier molecular flexibility index (Phi) is 3.89. The van der Waals surface area contributed by atoms with Crippen LogP contribution in [0.2, 0.25) is 0 Å². The Morgan fingerprint density at radius 3 is 2.87 bits per heavy atom. The van der Waals surface area contributed by atoms with Gasteiger partial charge in [0.15, 0.2) is 0 Å².